The molecule has 2 fully saturated rings. The highest BCUT2D eigenvalue weighted by atomic mass is 35.5. The molecule has 3 aromatic carbocycles. The third-order valence-corrected chi connectivity index (χ3v) is 8.37. The highest BCUT2D eigenvalue weighted by Crippen LogP contribution is 2.35. The molecule has 1 aliphatic heterocycles. The molecule has 0 aromatic heterocycles. The minimum absolute atomic E-state index is 0.0935. The van der Waals surface area contributed by atoms with Crippen molar-refractivity contribution in [3.05, 3.63) is 86.4 Å². The molecule has 1 aliphatic carbocycles. The summed E-state index contributed by atoms with van der Waals surface area (Å²) in [6, 6.07) is 16.1. The number of halogens is 3. The average Bonchev–Trinajstić information content (AvgIpc) is 3.82. The van der Waals surface area contributed by atoms with Gasteiger partial charge in [0, 0.05) is 36.4 Å². The van der Waals surface area contributed by atoms with E-state index in [1.807, 2.05) is 37.1 Å². The molecule has 1 saturated heterocycles. The minimum atomic E-state index is -0.676. The number of carbonyl (C=O) groups excluding carboxylic acids is 2. The van der Waals surface area contributed by atoms with Crippen LogP contribution in [0.15, 0.2) is 54.6 Å². The van der Waals surface area contributed by atoms with Crippen LogP contribution in [0, 0.1) is 6.92 Å². The van der Waals surface area contributed by atoms with E-state index in [0.29, 0.717) is 51.9 Å². The van der Waals surface area contributed by atoms with Gasteiger partial charge >= 0.3 is 0 Å². The number of carbonyl (C=O) groups is 2. The first kappa shape index (κ1) is 31.4. The van der Waals surface area contributed by atoms with Gasteiger partial charge in [0.05, 0.1) is 16.6 Å². The van der Waals surface area contributed by atoms with Crippen molar-refractivity contribution in [1.29, 1.82) is 0 Å². The van der Waals surface area contributed by atoms with Crippen LogP contribution in [0.25, 0.3) is 0 Å². The molecule has 11 heteroatoms. The summed E-state index contributed by atoms with van der Waals surface area (Å²) >= 11 is 19.0. The van der Waals surface area contributed by atoms with Crippen LogP contribution in [-0.4, -0.2) is 62.1 Å². The molecule has 0 spiro atoms. The molecule has 0 bridgehead atoms. The molecule has 0 radical (unpaired) electrons. The lowest BCUT2D eigenvalue weighted by molar-refractivity contribution is -0.136. The summed E-state index contributed by atoms with van der Waals surface area (Å²) in [6.07, 6.45) is 1.87. The molecule has 2 N–H and O–H groups in total. The zero-order chi connectivity index (χ0) is 30.5. The quantitative estimate of drug-likeness (QED) is 0.249. The van der Waals surface area contributed by atoms with E-state index in [4.69, 9.17) is 44.3 Å². The van der Waals surface area contributed by atoms with Gasteiger partial charge in [-0.1, -0.05) is 46.9 Å². The Morgan fingerprint density at radius 3 is 2.37 bits per heavy atom. The van der Waals surface area contributed by atoms with Gasteiger partial charge < -0.3 is 25.0 Å². The summed E-state index contributed by atoms with van der Waals surface area (Å²) in [7, 11) is 1.89. The minimum Gasteiger partial charge on any atom is -0.490 e. The van der Waals surface area contributed by atoms with Crippen molar-refractivity contribution >= 4 is 52.3 Å². The van der Waals surface area contributed by atoms with E-state index >= 15 is 0 Å². The van der Waals surface area contributed by atoms with Crippen molar-refractivity contribution in [2.75, 3.05) is 38.3 Å². The van der Waals surface area contributed by atoms with Crippen LogP contribution >= 0.6 is 34.8 Å². The maximum absolute atomic E-state index is 14.0. The van der Waals surface area contributed by atoms with Crippen molar-refractivity contribution in [2.45, 2.75) is 44.9 Å². The monoisotopic (exact) mass is 644 g/mol. The number of amides is 2. The summed E-state index contributed by atoms with van der Waals surface area (Å²) in [6.45, 7) is 4.04. The summed E-state index contributed by atoms with van der Waals surface area (Å²) in [5.74, 6) is 0.774. The second-order valence-electron chi connectivity index (χ2n) is 10.8. The largest absolute Gasteiger partial charge is 0.490 e. The normalized spacial score (nSPS) is 16.7. The Morgan fingerprint density at radius 2 is 1.70 bits per heavy atom. The number of anilines is 1. The van der Waals surface area contributed by atoms with Crippen LogP contribution < -0.4 is 25.0 Å². The van der Waals surface area contributed by atoms with E-state index in [-0.39, 0.29) is 37.6 Å². The van der Waals surface area contributed by atoms with E-state index in [2.05, 4.69) is 10.6 Å². The van der Waals surface area contributed by atoms with Crippen LogP contribution in [0.4, 0.5) is 5.69 Å². The first-order chi connectivity index (χ1) is 20.7. The van der Waals surface area contributed by atoms with Gasteiger partial charge in [-0.15, -0.1) is 0 Å². The molecular weight excluding hydrogens is 611 g/mol. The standard InChI is InChI=1S/C32H35Cl3N4O4/c1-20-13-27(34)31(28(35)14-20)43-12-11-42-25-8-6-24(7-9-25)39-29(17-37-18-30(39)40)32(41)38(23-4-5-23)19-22-15-21(16-36-2)3-10-26(22)33/h3,6-10,13-15,23,29,36-37H,4-5,11-12,16-19H2,1-2H3/t29-/m1/s1. The van der Waals surface area contributed by atoms with Gasteiger partial charge in [-0.25, -0.2) is 0 Å². The van der Waals surface area contributed by atoms with Crippen LogP contribution in [0.5, 0.6) is 11.5 Å². The lowest BCUT2D eigenvalue weighted by Crippen LogP contribution is -2.61. The predicted octanol–water partition coefficient (Wildman–Crippen LogP) is 5.63. The van der Waals surface area contributed by atoms with Crippen molar-refractivity contribution in [3.8, 4) is 11.5 Å². The number of benzene rings is 3. The molecule has 3 aromatic rings. The Bertz CT molecular complexity index is 1440. The first-order valence-electron chi connectivity index (χ1n) is 14.3. The van der Waals surface area contributed by atoms with Crippen molar-refractivity contribution in [1.82, 2.24) is 15.5 Å². The van der Waals surface area contributed by atoms with Crippen molar-refractivity contribution in [2.24, 2.45) is 0 Å². The van der Waals surface area contributed by atoms with Crippen molar-refractivity contribution < 1.29 is 19.1 Å². The highest BCUT2D eigenvalue weighted by Gasteiger charge is 2.41. The fourth-order valence-corrected chi connectivity index (χ4v) is 6.11. The lowest BCUT2D eigenvalue weighted by Gasteiger charge is -2.38. The fraction of sp³-hybridized carbons (Fsp3) is 0.375. The summed E-state index contributed by atoms with van der Waals surface area (Å²) in [4.78, 5) is 30.7. The number of nitrogens with one attached hydrogen (secondary N) is 2. The molecular formula is C32H35Cl3N4O4. The van der Waals surface area contributed by atoms with Gasteiger partial charge in [0.15, 0.2) is 5.75 Å². The first-order valence-corrected chi connectivity index (χ1v) is 15.4. The van der Waals surface area contributed by atoms with Gasteiger partial charge in [0.25, 0.3) is 0 Å². The molecule has 2 amide bonds. The van der Waals surface area contributed by atoms with E-state index in [1.165, 1.54) is 0 Å². The number of ether oxygens (including phenoxy) is 2. The maximum Gasteiger partial charge on any atom is 0.247 e. The number of nitrogens with zero attached hydrogens (tertiary/aromatic N) is 2. The van der Waals surface area contributed by atoms with Crippen LogP contribution in [0.3, 0.4) is 0 Å². The summed E-state index contributed by atoms with van der Waals surface area (Å²) in [5, 5.41) is 7.79. The molecule has 0 unspecified atom stereocenters. The molecule has 8 nitrogen and oxygen atoms in total. The Balaban J connectivity index is 1.25. The Labute approximate surface area is 267 Å². The van der Waals surface area contributed by atoms with Crippen LogP contribution in [0.1, 0.15) is 29.5 Å². The Hall–Kier alpha value is -3.01. The molecule has 1 atom stereocenters. The molecule has 1 heterocycles. The van der Waals surface area contributed by atoms with Crippen LogP contribution in [0.2, 0.25) is 15.1 Å². The number of hydrogen-bond acceptors (Lipinski definition) is 6. The second-order valence-corrected chi connectivity index (χ2v) is 12.0. The zero-order valence-corrected chi connectivity index (χ0v) is 26.4. The molecule has 43 heavy (non-hydrogen) atoms. The molecule has 5 rings (SSSR count). The maximum atomic E-state index is 14.0. The van der Waals surface area contributed by atoms with E-state index < -0.39 is 6.04 Å². The smallest absolute Gasteiger partial charge is 0.247 e. The van der Waals surface area contributed by atoms with Gasteiger partial charge in [-0.2, -0.15) is 0 Å². The summed E-state index contributed by atoms with van der Waals surface area (Å²) in [5.41, 5.74) is 3.58. The van der Waals surface area contributed by atoms with Crippen LogP contribution in [-0.2, 0) is 22.7 Å². The summed E-state index contributed by atoms with van der Waals surface area (Å²) < 4.78 is 11.6. The zero-order valence-electron chi connectivity index (χ0n) is 24.2. The van der Waals surface area contributed by atoms with E-state index in [0.717, 1.165) is 29.5 Å². The lowest BCUT2D eigenvalue weighted by atomic mass is 10.1. The predicted molar refractivity (Wildman–Crippen MR) is 171 cm³/mol. The topological polar surface area (TPSA) is 83.1 Å². The van der Waals surface area contributed by atoms with Gasteiger partial charge in [-0.05, 0) is 86.0 Å². The average molecular weight is 646 g/mol. The molecule has 228 valence electrons. The van der Waals surface area contributed by atoms with Gasteiger partial charge in [-0.3, -0.25) is 14.5 Å². The number of hydrogen-bond donors (Lipinski definition) is 2. The Kier molecular flexibility index (Phi) is 10.4. The number of piperazine rings is 1. The van der Waals surface area contributed by atoms with Gasteiger partial charge in [0.1, 0.15) is 25.0 Å². The third-order valence-electron chi connectivity index (χ3n) is 7.44. The second kappa shape index (κ2) is 14.2. The fourth-order valence-electron chi connectivity index (χ4n) is 5.23. The highest BCUT2D eigenvalue weighted by molar-refractivity contribution is 6.37. The van der Waals surface area contributed by atoms with E-state index in [9.17, 15) is 9.59 Å². The van der Waals surface area contributed by atoms with Crippen molar-refractivity contribution in [3.63, 3.8) is 0 Å². The SMILES string of the molecule is CNCc1ccc(Cl)c(CN(C(=O)[C@H]2CNCC(=O)N2c2ccc(OCCOc3c(Cl)cc(C)cc3Cl)cc2)C2CC2)c1. The molecule has 2 aliphatic rings. The number of aryl methyl sites for hydroxylation is 1. The Morgan fingerprint density at radius 1 is 1.00 bits per heavy atom. The number of rotatable bonds is 12. The van der Waals surface area contributed by atoms with Gasteiger partial charge in [0.2, 0.25) is 11.8 Å². The molecule has 1 saturated carbocycles. The third kappa shape index (κ3) is 7.75. The van der Waals surface area contributed by atoms with E-state index in [1.54, 1.807) is 41.3 Å².